The molecule has 3 N–H and O–H groups in total. The molecule has 4 nitrogen and oxygen atoms in total. The molecule has 0 amide bonds. The van der Waals surface area contributed by atoms with Crippen LogP contribution in [0.15, 0.2) is 30.3 Å². The highest BCUT2D eigenvalue weighted by atomic mass is 32.2. The molecule has 0 fully saturated rings. The fourth-order valence-corrected chi connectivity index (χ4v) is 1.71. The van der Waals surface area contributed by atoms with Crippen LogP contribution in [0.4, 0.5) is 0 Å². The molecule has 0 aromatic heterocycles. The monoisotopic (exact) mass is 245 g/mol. The van der Waals surface area contributed by atoms with Gasteiger partial charge in [0.25, 0.3) is 10.1 Å². The number of benzene rings is 1. The molecule has 1 aromatic carbocycles. The zero-order valence-corrected chi connectivity index (χ0v) is 10.4. The van der Waals surface area contributed by atoms with Gasteiger partial charge in [-0.25, -0.2) is 0 Å². The van der Waals surface area contributed by atoms with E-state index in [-0.39, 0.29) is 12.8 Å². The van der Waals surface area contributed by atoms with E-state index in [0.29, 0.717) is 0 Å². The minimum atomic E-state index is -3.27. The van der Waals surface area contributed by atoms with Crippen LogP contribution in [0.3, 0.4) is 0 Å². The summed E-state index contributed by atoms with van der Waals surface area (Å²) >= 11 is 0. The average molecular weight is 245 g/mol. The topological polar surface area (TPSA) is 78.4 Å². The van der Waals surface area contributed by atoms with Crippen molar-refractivity contribution >= 4 is 10.1 Å². The number of rotatable bonds is 6. The molecular weight excluding hydrogens is 226 g/mol. The van der Waals surface area contributed by atoms with Crippen LogP contribution < -0.4 is 6.15 Å². The predicted molar refractivity (Wildman–Crippen MR) is 65.2 cm³/mol. The fraction of sp³-hybridized carbons (Fsp3) is 0.455. The van der Waals surface area contributed by atoms with Gasteiger partial charge in [-0.05, 0) is 24.8 Å². The van der Waals surface area contributed by atoms with Crippen molar-refractivity contribution in [3.8, 4) is 0 Å². The molecule has 92 valence electrons. The molecule has 0 aliphatic carbocycles. The van der Waals surface area contributed by atoms with Gasteiger partial charge in [-0.1, -0.05) is 30.3 Å². The Kier molecular flexibility index (Phi) is 6.96. The van der Waals surface area contributed by atoms with Gasteiger partial charge in [0.1, 0.15) is 0 Å². The van der Waals surface area contributed by atoms with E-state index < -0.39 is 10.1 Å². The number of unbranched alkanes of at least 4 members (excludes halogenated alkanes) is 1. The lowest BCUT2D eigenvalue weighted by Gasteiger charge is -2.01. The minimum absolute atomic E-state index is 0. The summed E-state index contributed by atoms with van der Waals surface area (Å²) in [5.74, 6) is 0. The van der Waals surface area contributed by atoms with Crippen LogP contribution in [-0.2, 0) is 20.7 Å². The second kappa shape index (κ2) is 7.38. The van der Waals surface area contributed by atoms with E-state index >= 15 is 0 Å². The Morgan fingerprint density at radius 3 is 2.31 bits per heavy atom. The Bertz CT molecular complexity index is 375. The lowest BCUT2D eigenvalue weighted by molar-refractivity contribution is 0.312. The smallest absolute Gasteiger partial charge is 0.264 e. The van der Waals surface area contributed by atoms with Crippen molar-refractivity contribution in [1.29, 1.82) is 0 Å². The predicted octanol–water partition coefficient (Wildman–Crippen LogP) is 2.15. The second-order valence-corrected chi connectivity index (χ2v) is 5.11. The number of hydrogen-bond acceptors (Lipinski definition) is 4. The van der Waals surface area contributed by atoms with E-state index in [1.807, 2.05) is 18.2 Å². The van der Waals surface area contributed by atoms with Gasteiger partial charge in [0.2, 0.25) is 0 Å². The first-order chi connectivity index (χ1) is 7.08. The standard InChI is InChI=1S/C11H16O3S.H3N/c1-15(12,13)14-10-6-5-9-11-7-3-2-4-8-11;/h2-4,7-8H,5-6,9-10H2,1H3;1H3. The molecule has 1 aromatic rings. The van der Waals surface area contributed by atoms with Gasteiger partial charge < -0.3 is 6.15 Å². The van der Waals surface area contributed by atoms with Crippen LogP contribution in [0.5, 0.6) is 0 Å². The van der Waals surface area contributed by atoms with Gasteiger partial charge in [0.15, 0.2) is 0 Å². The highest BCUT2D eigenvalue weighted by Gasteiger charge is 2.00. The lowest BCUT2D eigenvalue weighted by Crippen LogP contribution is -2.04. The largest absolute Gasteiger partial charge is 0.344 e. The van der Waals surface area contributed by atoms with E-state index in [2.05, 4.69) is 16.3 Å². The third-order valence-electron chi connectivity index (χ3n) is 2.00. The molecule has 5 heteroatoms. The Labute approximate surface area is 97.3 Å². The van der Waals surface area contributed by atoms with Crippen molar-refractivity contribution in [2.24, 2.45) is 0 Å². The summed E-state index contributed by atoms with van der Waals surface area (Å²) in [5.41, 5.74) is 1.27. The molecule has 0 saturated heterocycles. The van der Waals surface area contributed by atoms with Gasteiger partial charge in [-0.2, -0.15) is 8.42 Å². The summed E-state index contributed by atoms with van der Waals surface area (Å²) in [6, 6.07) is 10.1. The average Bonchev–Trinajstić information content (AvgIpc) is 2.17. The van der Waals surface area contributed by atoms with Crippen LogP contribution in [0, 0.1) is 0 Å². The van der Waals surface area contributed by atoms with Crippen LogP contribution >= 0.6 is 0 Å². The molecule has 0 spiro atoms. The Morgan fingerprint density at radius 1 is 1.12 bits per heavy atom. The molecular formula is C11H19NO3S. The molecule has 0 unspecified atom stereocenters. The molecule has 0 saturated carbocycles. The maximum Gasteiger partial charge on any atom is 0.264 e. The molecule has 1 rings (SSSR count). The molecule has 16 heavy (non-hydrogen) atoms. The first-order valence-electron chi connectivity index (χ1n) is 4.96. The van der Waals surface area contributed by atoms with Crippen LogP contribution in [0.25, 0.3) is 0 Å². The van der Waals surface area contributed by atoms with Gasteiger partial charge in [0.05, 0.1) is 12.9 Å². The SMILES string of the molecule is CS(=O)(=O)OCCCCc1ccccc1.N. The molecule has 0 aliphatic rings. The van der Waals surface area contributed by atoms with Crippen molar-refractivity contribution in [2.75, 3.05) is 12.9 Å². The van der Waals surface area contributed by atoms with E-state index in [1.54, 1.807) is 0 Å². The van der Waals surface area contributed by atoms with Crippen molar-refractivity contribution < 1.29 is 12.6 Å². The molecule has 0 atom stereocenters. The third-order valence-corrected chi connectivity index (χ3v) is 2.59. The molecule has 0 heterocycles. The zero-order chi connectivity index (χ0) is 11.1. The van der Waals surface area contributed by atoms with E-state index in [1.165, 1.54) is 5.56 Å². The summed E-state index contributed by atoms with van der Waals surface area (Å²) < 4.78 is 25.9. The maximum atomic E-state index is 10.6. The number of aryl methyl sites for hydroxylation is 1. The molecule has 0 bridgehead atoms. The lowest BCUT2D eigenvalue weighted by atomic mass is 10.1. The van der Waals surface area contributed by atoms with Crippen LogP contribution in [0.2, 0.25) is 0 Å². The zero-order valence-electron chi connectivity index (χ0n) is 9.56. The van der Waals surface area contributed by atoms with Crippen molar-refractivity contribution in [3.05, 3.63) is 35.9 Å². The van der Waals surface area contributed by atoms with Crippen molar-refractivity contribution in [3.63, 3.8) is 0 Å². The molecule has 0 radical (unpaired) electrons. The normalized spacial score (nSPS) is 10.8. The van der Waals surface area contributed by atoms with Gasteiger partial charge in [-0.3, -0.25) is 4.18 Å². The quantitative estimate of drug-likeness (QED) is 0.615. The van der Waals surface area contributed by atoms with E-state index in [4.69, 9.17) is 0 Å². The van der Waals surface area contributed by atoms with Gasteiger partial charge in [-0.15, -0.1) is 0 Å². The van der Waals surface area contributed by atoms with Crippen molar-refractivity contribution in [2.45, 2.75) is 19.3 Å². The first kappa shape index (κ1) is 15.1. The summed E-state index contributed by atoms with van der Waals surface area (Å²) in [6.45, 7) is 0.283. The Balaban J connectivity index is 0.00000225. The highest BCUT2D eigenvalue weighted by Crippen LogP contribution is 2.04. The van der Waals surface area contributed by atoms with Crippen molar-refractivity contribution in [1.82, 2.24) is 6.15 Å². The molecule has 0 aliphatic heterocycles. The van der Waals surface area contributed by atoms with Crippen LogP contribution in [-0.4, -0.2) is 21.3 Å². The summed E-state index contributed by atoms with van der Waals surface area (Å²) in [5, 5.41) is 0. The fourth-order valence-electron chi connectivity index (χ4n) is 1.29. The summed E-state index contributed by atoms with van der Waals surface area (Å²) in [6.07, 6.45) is 3.75. The first-order valence-corrected chi connectivity index (χ1v) is 6.78. The minimum Gasteiger partial charge on any atom is -0.344 e. The maximum absolute atomic E-state index is 10.6. The Hall–Kier alpha value is -0.910. The van der Waals surface area contributed by atoms with E-state index in [9.17, 15) is 8.42 Å². The van der Waals surface area contributed by atoms with E-state index in [0.717, 1.165) is 25.5 Å². The number of hydrogen-bond donors (Lipinski definition) is 1. The van der Waals surface area contributed by atoms with Gasteiger partial charge >= 0.3 is 0 Å². The summed E-state index contributed by atoms with van der Waals surface area (Å²) in [7, 11) is -3.27. The van der Waals surface area contributed by atoms with Crippen LogP contribution in [0.1, 0.15) is 18.4 Å². The Morgan fingerprint density at radius 2 is 1.75 bits per heavy atom. The second-order valence-electron chi connectivity index (χ2n) is 3.47. The summed E-state index contributed by atoms with van der Waals surface area (Å²) in [4.78, 5) is 0. The highest BCUT2D eigenvalue weighted by molar-refractivity contribution is 7.85. The van der Waals surface area contributed by atoms with Gasteiger partial charge in [0, 0.05) is 0 Å². The third kappa shape index (κ3) is 7.39.